The number of nitrogens with one attached hydrogen (secondary N) is 1. The molecule has 4 aromatic rings. The Balaban J connectivity index is 1.26. The normalized spacial score (nSPS) is 14.5. The highest BCUT2D eigenvalue weighted by molar-refractivity contribution is 7.14. The molecule has 5 rings (SSSR count). The summed E-state index contributed by atoms with van der Waals surface area (Å²) in [5.41, 5.74) is 6.66. The molecule has 1 N–H and O–H groups in total. The first-order chi connectivity index (χ1) is 17.5. The third kappa shape index (κ3) is 4.98. The minimum Gasteiger partial charge on any atom is -0.456 e. The molecule has 3 aromatic carbocycles. The number of ether oxygens (including phenoxy) is 2. The second-order valence-corrected chi connectivity index (χ2v) is 9.85. The van der Waals surface area contributed by atoms with Crippen LogP contribution in [0.25, 0.3) is 22.4 Å². The van der Waals surface area contributed by atoms with Crippen molar-refractivity contribution in [3.05, 3.63) is 94.5 Å². The number of rotatable bonds is 8. The number of hydrogen-bond acceptors (Lipinski definition) is 6. The maximum absolute atomic E-state index is 12.5. The van der Waals surface area contributed by atoms with Crippen molar-refractivity contribution in [3.63, 3.8) is 0 Å². The van der Waals surface area contributed by atoms with Crippen molar-refractivity contribution in [1.29, 1.82) is 0 Å². The Labute approximate surface area is 217 Å². The van der Waals surface area contributed by atoms with Crippen molar-refractivity contribution in [2.75, 3.05) is 5.32 Å². The van der Waals surface area contributed by atoms with E-state index < -0.39 is 17.8 Å². The van der Waals surface area contributed by atoms with E-state index in [0.29, 0.717) is 22.2 Å². The van der Waals surface area contributed by atoms with Gasteiger partial charge in [-0.1, -0.05) is 78.3 Å². The van der Waals surface area contributed by atoms with Crippen LogP contribution in [-0.4, -0.2) is 17.5 Å². The number of anilines is 1. The van der Waals surface area contributed by atoms with Crippen LogP contribution >= 0.6 is 22.9 Å². The van der Waals surface area contributed by atoms with Gasteiger partial charge in [0.2, 0.25) is 0 Å². The maximum Gasteiger partial charge on any atom is 0.412 e. The summed E-state index contributed by atoms with van der Waals surface area (Å²) in [6.07, 6.45) is 0.643. The number of nitrogens with zero attached hydrogens (tertiary/aromatic N) is 1. The number of carbonyl (C=O) groups excluding carboxylic acids is 2. The molecule has 1 fully saturated rings. The van der Waals surface area contributed by atoms with E-state index in [2.05, 4.69) is 10.3 Å². The molecule has 6 nitrogen and oxygen atoms in total. The molecule has 182 valence electrons. The van der Waals surface area contributed by atoms with Crippen LogP contribution in [0.2, 0.25) is 5.02 Å². The zero-order valence-electron chi connectivity index (χ0n) is 19.4. The molecular formula is C28H23ClN2O4S. The third-order valence-corrected chi connectivity index (χ3v) is 7.38. The minimum atomic E-state index is -0.573. The van der Waals surface area contributed by atoms with Gasteiger partial charge >= 0.3 is 6.09 Å². The summed E-state index contributed by atoms with van der Waals surface area (Å²) in [6.45, 7) is 2.31. The Morgan fingerprint density at radius 3 is 2.31 bits per heavy atom. The van der Waals surface area contributed by atoms with E-state index in [-0.39, 0.29) is 0 Å². The summed E-state index contributed by atoms with van der Waals surface area (Å²) in [5, 5.41) is 3.96. The van der Waals surface area contributed by atoms with Gasteiger partial charge in [0, 0.05) is 16.1 Å². The van der Waals surface area contributed by atoms with Crippen molar-refractivity contribution in [2.45, 2.75) is 31.5 Å². The van der Waals surface area contributed by atoms with Gasteiger partial charge in [0.15, 0.2) is 0 Å². The summed E-state index contributed by atoms with van der Waals surface area (Å²) < 4.78 is 10.8. The van der Waals surface area contributed by atoms with Gasteiger partial charge in [-0.25, -0.2) is 9.78 Å². The molecular weight excluding hydrogens is 496 g/mol. The lowest BCUT2D eigenvalue weighted by Crippen LogP contribution is -2.16. The van der Waals surface area contributed by atoms with Crippen molar-refractivity contribution >= 4 is 40.5 Å². The van der Waals surface area contributed by atoms with E-state index in [9.17, 15) is 9.59 Å². The smallest absolute Gasteiger partial charge is 0.412 e. The van der Waals surface area contributed by atoms with E-state index in [1.54, 1.807) is 18.5 Å². The van der Waals surface area contributed by atoms with Crippen molar-refractivity contribution in [2.24, 2.45) is 0 Å². The molecule has 0 spiro atoms. The van der Waals surface area contributed by atoms with E-state index >= 15 is 0 Å². The Morgan fingerprint density at radius 1 is 1.03 bits per heavy atom. The number of hydrogen-bond donors (Lipinski definition) is 1. The zero-order valence-corrected chi connectivity index (χ0v) is 21.0. The van der Waals surface area contributed by atoms with Crippen molar-refractivity contribution < 1.29 is 19.1 Å². The van der Waals surface area contributed by atoms with Gasteiger partial charge in [-0.3, -0.25) is 10.1 Å². The van der Waals surface area contributed by atoms with Crippen LogP contribution in [-0.2, 0) is 19.9 Å². The molecule has 1 aliphatic carbocycles. The predicted molar refractivity (Wildman–Crippen MR) is 141 cm³/mol. The molecule has 36 heavy (non-hydrogen) atoms. The minimum absolute atomic E-state index is 0.440. The Bertz CT molecular complexity index is 1380. The highest BCUT2D eigenvalue weighted by atomic mass is 35.5. The second-order valence-electron chi connectivity index (χ2n) is 8.59. The molecule has 0 saturated heterocycles. The fraction of sp³-hybridized carbons (Fsp3) is 0.179. The van der Waals surface area contributed by atoms with E-state index in [1.165, 1.54) is 11.3 Å². The molecule has 0 radical (unpaired) electrons. The fourth-order valence-electron chi connectivity index (χ4n) is 4.16. The van der Waals surface area contributed by atoms with Gasteiger partial charge in [-0.05, 0) is 42.5 Å². The first-order valence-corrected chi connectivity index (χ1v) is 12.7. The fourth-order valence-corrected chi connectivity index (χ4v) is 5.14. The first-order valence-electron chi connectivity index (χ1n) is 11.5. The summed E-state index contributed by atoms with van der Waals surface area (Å²) in [5.74, 6) is 0. The van der Waals surface area contributed by atoms with Crippen LogP contribution in [0.15, 0.2) is 78.3 Å². The number of amides is 1. The van der Waals surface area contributed by atoms with Crippen molar-refractivity contribution in [1.82, 2.24) is 4.98 Å². The average molecular weight is 519 g/mol. The van der Waals surface area contributed by atoms with Gasteiger partial charge < -0.3 is 9.47 Å². The van der Waals surface area contributed by atoms with Gasteiger partial charge in [-0.2, -0.15) is 0 Å². The van der Waals surface area contributed by atoms with Crippen LogP contribution < -0.4 is 5.32 Å². The van der Waals surface area contributed by atoms with Crippen LogP contribution in [0.3, 0.4) is 0 Å². The van der Waals surface area contributed by atoms with Crippen LogP contribution in [0.4, 0.5) is 9.80 Å². The molecule has 0 unspecified atom stereocenters. The number of carbonyl (C=O) groups is 2. The highest BCUT2D eigenvalue weighted by Crippen LogP contribution is 2.49. The third-order valence-electron chi connectivity index (χ3n) is 6.29. The lowest BCUT2D eigenvalue weighted by Gasteiger charge is -2.15. The molecule has 1 atom stereocenters. The molecule has 1 aromatic heterocycles. The molecule has 1 amide bonds. The van der Waals surface area contributed by atoms with Gasteiger partial charge in [-0.15, -0.1) is 11.3 Å². The van der Waals surface area contributed by atoms with Gasteiger partial charge in [0.25, 0.3) is 6.47 Å². The average Bonchev–Trinajstić information content (AvgIpc) is 3.53. The van der Waals surface area contributed by atoms with Gasteiger partial charge in [0.05, 0.1) is 5.51 Å². The van der Waals surface area contributed by atoms with E-state index in [4.69, 9.17) is 21.1 Å². The Kier molecular flexibility index (Phi) is 6.76. The maximum atomic E-state index is 12.5. The summed E-state index contributed by atoms with van der Waals surface area (Å²) in [7, 11) is 0. The summed E-state index contributed by atoms with van der Waals surface area (Å²) in [4.78, 5) is 27.8. The summed E-state index contributed by atoms with van der Waals surface area (Å²) in [6, 6.07) is 23.3. The number of thiazole rings is 1. The van der Waals surface area contributed by atoms with Crippen LogP contribution in [0, 0.1) is 0 Å². The molecule has 1 aliphatic rings. The Hall–Kier alpha value is -3.68. The van der Waals surface area contributed by atoms with E-state index in [1.807, 2.05) is 66.7 Å². The number of halogens is 1. The van der Waals surface area contributed by atoms with Gasteiger partial charge in [0.1, 0.15) is 22.4 Å². The van der Waals surface area contributed by atoms with E-state index in [0.717, 1.165) is 40.7 Å². The SMILES string of the molecule is C[C@@H](OC(=O)Nc1scnc1-c1ccc(-c2ccc(C3(OC=O)CC3)cc2)cc1)c1ccccc1Cl. The lowest BCUT2D eigenvalue weighted by molar-refractivity contribution is -0.136. The molecule has 0 aliphatic heterocycles. The first kappa shape index (κ1) is 24.0. The van der Waals surface area contributed by atoms with Crippen LogP contribution in [0.1, 0.15) is 37.0 Å². The lowest BCUT2D eigenvalue weighted by atomic mass is 9.99. The topological polar surface area (TPSA) is 77.5 Å². The molecule has 8 heteroatoms. The Morgan fingerprint density at radius 2 is 1.67 bits per heavy atom. The molecule has 1 heterocycles. The zero-order chi connectivity index (χ0) is 25.1. The predicted octanol–water partition coefficient (Wildman–Crippen LogP) is 7.60. The second kappa shape index (κ2) is 10.1. The summed E-state index contributed by atoms with van der Waals surface area (Å²) >= 11 is 7.54. The molecule has 1 saturated carbocycles. The van der Waals surface area contributed by atoms with Crippen molar-refractivity contribution in [3.8, 4) is 22.4 Å². The number of benzene rings is 3. The largest absolute Gasteiger partial charge is 0.456 e. The quantitative estimate of drug-likeness (QED) is 0.243. The number of aromatic nitrogens is 1. The highest BCUT2D eigenvalue weighted by Gasteiger charge is 2.46. The van der Waals surface area contributed by atoms with Crippen LogP contribution in [0.5, 0.6) is 0 Å². The molecule has 0 bridgehead atoms. The standard InChI is InChI=1S/C28H23ClN2O4S/c1-18(23-4-2-3-5-24(23)29)35-27(33)31-26-25(30-16-36-26)21-8-6-19(7-9-21)20-10-12-22(13-11-20)28(14-15-28)34-17-32/h2-13,16-18H,14-15H2,1H3,(H,31,33)/t18-/m1/s1. The monoisotopic (exact) mass is 518 g/mol.